The summed E-state index contributed by atoms with van der Waals surface area (Å²) >= 11 is -1.94. The van der Waals surface area contributed by atoms with E-state index in [1.54, 1.807) is 25.3 Å². The van der Waals surface area contributed by atoms with E-state index in [0.29, 0.717) is 4.90 Å². The van der Waals surface area contributed by atoms with Crippen LogP contribution >= 0.6 is 0 Å². The summed E-state index contributed by atoms with van der Waals surface area (Å²) < 4.78 is 25.2. The molecule has 0 aliphatic carbocycles. The van der Waals surface area contributed by atoms with E-state index in [1.807, 2.05) is 20.8 Å². The van der Waals surface area contributed by atoms with Gasteiger partial charge in [-0.3, -0.25) is 0 Å². The first-order valence-corrected chi connectivity index (χ1v) is 5.76. The standard InChI is InChI=1S/C11H16O3S/c1-11(2,3)9-7-8(15(12)13)5-6-10(9)14-4/h5-7H,1-4H3,(H,12,13). The van der Waals surface area contributed by atoms with Gasteiger partial charge in [0.2, 0.25) is 0 Å². The Hall–Kier alpha value is -0.870. The maximum absolute atomic E-state index is 11.0. The predicted molar refractivity (Wildman–Crippen MR) is 60.7 cm³/mol. The van der Waals surface area contributed by atoms with Gasteiger partial charge in [-0.25, -0.2) is 4.21 Å². The van der Waals surface area contributed by atoms with Crippen LogP contribution in [-0.4, -0.2) is 15.9 Å². The Kier molecular flexibility index (Phi) is 3.52. The van der Waals surface area contributed by atoms with E-state index in [0.717, 1.165) is 11.3 Å². The third-order valence-electron chi connectivity index (χ3n) is 2.18. The number of rotatable bonds is 2. The molecule has 0 saturated carbocycles. The molecule has 15 heavy (non-hydrogen) atoms. The Balaban J connectivity index is 3.32. The Morgan fingerprint density at radius 1 is 1.33 bits per heavy atom. The van der Waals surface area contributed by atoms with Crippen molar-refractivity contribution in [3.05, 3.63) is 23.8 Å². The summed E-state index contributed by atoms with van der Waals surface area (Å²) in [5.41, 5.74) is 0.825. The van der Waals surface area contributed by atoms with E-state index in [-0.39, 0.29) is 5.41 Å². The van der Waals surface area contributed by atoms with Crippen molar-refractivity contribution >= 4 is 11.1 Å². The van der Waals surface area contributed by atoms with Gasteiger partial charge >= 0.3 is 0 Å². The second-order valence-electron chi connectivity index (χ2n) is 4.36. The Morgan fingerprint density at radius 3 is 2.33 bits per heavy atom. The Labute approximate surface area is 92.7 Å². The van der Waals surface area contributed by atoms with Crippen LogP contribution in [0.5, 0.6) is 5.75 Å². The molecule has 0 heterocycles. The molecule has 0 aliphatic heterocycles. The Bertz CT molecular complexity index is 380. The smallest absolute Gasteiger partial charge is 0.186 e. The zero-order chi connectivity index (χ0) is 11.6. The van der Waals surface area contributed by atoms with Gasteiger partial charge in [0.05, 0.1) is 12.0 Å². The molecule has 0 aliphatic rings. The maximum atomic E-state index is 11.0. The van der Waals surface area contributed by atoms with Crippen LogP contribution in [0.2, 0.25) is 0 Å². The molecule has 1 atom stereocenters. The zero-order valence-electron chi connectivity index (χ0n) is 9.40. The van der Waals surface area contributed by atoms with Gasteiger partial charge in [-0.15, -0.1) is 0 Å². The van der Waals surface area contributed by atoms with Crippen molar-refractivity contribution in [1.82, 2.24) is 0 Å². The van der Waals surface area contributed by atoms with Gasteiger partial charge in [0.1, 0.15) is 5.75 Å². The highest BCUT2D eigenvalue weighted by Crippen LogP contribution is 2.32. The third kappa shape index (κ3) is 2.79. The minimum Gasteiger partial charge on any atom is -0.496 e. The summed E-state index contributed by atoms with van der Waals surface area (Å²) in [5.74, 6) is 0.747. The first-order chi connectivity index (χ1) is 6.86. The largest absolute Gasteiger partial charge is 0.496 e. The second kappa shape index (κ2) is 4.33. The lowest BCUT2D eigenvalue weighted by molar-refractivity contribution is 0.397. The monoisotopic (exact) mass is 228 g/mol. The first-order valence-electron chi connectivity index (χ1n) is 4.65. The molecule has 0 aromatic heterocycles. The van der Waals surface area contributed by atoms with Crippen LogP contribution in [0.3, 0.4) is 0 Å². The summed E-state index contributed by atoms with van der Waals surface area (Å²) in [6.07, 6.45) is 0. The van der Waals surface area contributed by atoms with Crippen molar-refractivity contribution in [3.63, 3.8) is 0 Å². The minimum atomic E-state index is -1.94. The lowest BCUT2D eigenvalue weighted by Gasteiger charge is -2.22. The van der Waals surface area contributed by atoms with Gasteiger partial charge in [-0.1, -0.05) is 20.8 Å². The lowest BCUT2D eigenvalue weighted by Crippen LogP contribution is -2.13. The molecule has 1 aromatic rings. The van der Waals surface area contributed by atoms with Crippen molar-refractivity contribution in [1.29, 1.82) is 0 Å². The van der Waals surface area contributed by atoms with Crippen LogP contribution < -0.4 is 4.74 Å². The summed E-state index contributed by atoms with van der Waals surface area (Å²) in [6.45, 7) is 6.11. The highest BCUT2D eigenvalue weighted by Gasteiger charge is 2.20. The van der Waals surface area contributed by atoms with Crippen LogP contribution in [0.4, 0.5) is 0 Å². The Morgan fingerprint density at radius 2 is 1.93 bits per heavy atom. The van der Waals surface area contributed by atoms with Crippen LogP contribution in [0.25, 0.3) is 0 Å². The fourth-order valence-corrected chi connectivity index (χ4v) is 1.78. The topological polar surface area (TPSA) is 46.5 Å². The molecule has 0 bridgehead atoms. The van der Waals surface area contributed by atoms with E-state index in [1.165, 1.54) is 0 Å². The van der Waals surface area contributed by atoms with Gasteiger partial charge in [-0.05, 0) is 23.6 Å². The van der Waals surface area contributed by atoms with Gasteiger partial charge in [0.25, 0.3) is 0 Å². The average Bonchev–Trinajstić information content (AvgIpc) is 2.15. The van der Waals surface area contributed by atoms with Gasteiger partial charge in [-0.2, -0.15) is 0 Å². The lowest BCUT2D eigenvalue weighted by atomic mass is 9.86. The van der Waals surface area contributed by atoms with Crippen molar-refractivity contribution in [2.45, 2.75) is 31.1 Å². The first kappa shape index (κ1) is 12.2. The number of hydrogen-bond acceptors (Lipinski definition) is 2. The van der Waals surface area contributed by atoms with Gasteiger partial charge in [0.15, 0.2) is 11.1 Å². The molecule has 1 rings (SSSR count). The quantitative estimate of drug-likeness (QED) is 0.791. The molecule has 3 nitrogen and oxygen atoms in total. The van der Waals surface area contributed by atoms with Gasteiger partial charge < -0.3 is 9.29 Å². The summed E-state index contributed by atoms with van der Waals surface area (Å²) in [4.78, 5) is 0.403. The van der Waals surface area contributed by atoms with Crippen molar-refractivity contribution < 1.29 is 13.5 Å². The van der Waals surface area contributed by atoms with E-state index >= 15 is 0 Å². The summed E-state index contributed by atoms with van der Waals surface area (Å²) in [5, 5.41) is 0. The average molecular weight is 228 g/mol. The molecule has 84 valence electrons. The minimum absolute atomic E-state index is 0.110. The van der Waals surface area contributed by atoms with Gasteiger partial charge in [0, 0.05) is 5.56 Å². The van der Waals surface area contributed by atoms with Crippen molar-refractivity contribution in [2.75, 3.05) is 7.11 Å². The molecule has 0 fully saturated rings. The highest BCUT2D eigenvalue weighted by atomic mass is 32.2. The fraction of sp³-hybridized carbons (Fsp3) is 0.455. The summed E-state index contributed by atoms with van der Waals surface area (Å²) in [6, 6.07) is 5.04. The second-order valence-corrected chi connectivity index (χ2v) is 5.33. The molecule has 1 aromatic carbocycles. The van der Waals surface area contributed by atoms with Crippen LogP contribution in [0.1, 0.15) is 26.3 Å². The summed E-state index contributed by atoms with van der Waals surface area (Å²) in [7, 11) is 1.60. The highest BCUT2D eigenvalue weighted by molar-refractivity contribution is 7.79. The van der Waals surface area contributed by atoms with E-state index in [4.69, 9.17) is 9.29 Å². The van der Waals surface area contributed by atoms with Crippen LogP contribution in [0, 0.1) is 0 Å². The third-order valence-corrected chi connectivity index (χ3v) is 2.84. The molecule has 0 spiro atoms. The predicted octanol–water partition coefficient (Wildman–Crippen LogP) is 2.57. The molecule has 0 radical (unpaired) electrons. The maximum Gasteiger partial charge on any atom is 0.186 e. The van der Waals surface area contributed by atoms with Crippen molar-refractivity contribution in [2.24, 2.45) is 0 Å². The number of methoxy groups -OCH3 is 1. The molecule has 0 saturated heterocycles. The van der Waals surface area contributed by atoms with E-state index < -0.39 is 11.1 Å². The zero-order valence-corrected chi connectivity index (χ0v) is 10.2. The molecular formula is C11H16O3S. The van der Waals surface area contributed by atoms with E-state index in [9.17, 15) is 4.21 Å². The number of benzene rings is 1. The normalized spacial score (nSPS) is 13.7. The molecule has 1 unspecified atom stereocenters. The SMILES string of the molecule is COc1ccc(S(=O)O)cc1C(C)(C)C. The fourth-order valence-electron chi connectivity index (χ4n) is 1.38. The molecule has 1 N–H and O–H groups in total. The van der Waals surface area contributed by atoms with Crippen LogP contribution in [0.15, 0.2) is 23.1 Å². The molecule has 4 heteroatoms. The molecular weight excluding hydrogens is 212 g/mol. The number of ether oxygens (including phenoxy) is 1. The van der Waals surface area contributed by atoms with Crippen molar-refractivity contribution in [3.8, 4) is 5.75 Å². The number of hydrogen-bond donors (Lipinski definition) is 1. The molecule has 0 amide bonds. The van der Waals surface area contributed by atoms with E-state index in [2.05, 4.69) is 0 Å². The van der Waals surface area contributed by atoms with Crippen LogP contribution in [-0.2, 0) is 16.5 Å².